The van der Waals surface area contributed by atoms with Crippen molar-refractivity contribution in [2.45, 2.75) is 32.1 Å². The average molecular weight is 291 g/mol. The molecule has 0 bridgehead atoms. The highest BCUT2D eigenvalue weighted by Crippen LogP contribution is 2.41. The summed E-state index contributed by atoms with van der Waals surface area (Å²) in [5.74, 6) is -0.117. The van der Waals surface area contributed by atoms with Crippen LogP contribution in [-0.4, -0.2) is 44.1 Å². The summed E-state index contributed by atoms with van der Waals surface area (Å²) in [6, 6.07) is -0.635. The minimum atomic E-state index is -1.03. The number of aromatic nitrogens is 3. The van der Waals surface area contributed by atoms with Crippen molar-refractivity contribution in [3.63, 3.8) is 0 Å². The Labute approximate surface area is 121 Å². The molecule has 4 amide bonds. The molecule has 8 heteroatoms. The van der Waals surface area contributed by atoms with Gasteiger partial charge in [0.1, 0.15) is 17.6 Å². The molecule has 1 aliphatic carbocycles. The monoisotopic (exact) mass is 291 g/mol. The van der Waals surface area contributed by atoms with Crippen LogP contribution in [-0.2, 0) is 23.1 Å². The maximum Gasteiger partial charge on any atom is 0.330 e. The van der Waals surface area contributed by atoms with E-state index in [2.05, 4.69) is 15.5 Å². The van der Waals surface area contributed by atoms with Crippen molar-refractivity contribution < 1.29 is 14.4 Å². The maximum absolute atomic E-state index is 12.6. The van der Waals surface area contributed by atoms with E-state index in [0.29, 0.717) is 25.1 Å². The summed E-state index contributed by atoms with van der Waals surface area (Å²) in [5, 5.41) is 10.0. The van der Waals surface area contributed by atoms with E-state index in [1.165, 1.54) is 0 Å². The van der Waals surface area contributed by atoms with Crippen molar-refractivity contribution in [1.82, 2.24) is 25.0 Å². The second-order valence-electron chi connectivity index (χ2n) is 5.61. The van der Waals surface area contributed by atoms with E-state index in [-0.39, 0.29) is 12.5 Å². The van der Waals surface area contributed by atoms with Crippen LogP contribution in [0.25, 0.3) is 0 Å². The van der Waals surface area contributed by atoms with Gasteiger partial charge in [-0.05, 0) is 12.8 Å². The molecule has 21 heavy (non-hydrogen) atoms. The van der Waals surface area contributed by atoms with Gasteiger partial charge in [0.25, 0.3) is 0 Å². The number of nitrogens with one attached hydrogen (secondary N) is 1. The molecule has 1 saturated carbocycles. The van der Waals surface area contributed by atoms with Crippen molar-refractivity contribution in [1.29, 1.82) is 0 Å². The zero-order chi connectivity index (χ0) is 15.0. The molecule has 8 nitrogen and oxygen atoms in total. The third kappa shape index (κ3) is 2.10. The van der Waals surface area contributed by atoms with Gasteiger partial charge in [0.05, 0.1) is 0 Å². The third-order valence-electron chi connectivity index (χ3n) is 4.38. The topological polar surface area (TPSA) is 97.2 Å². The molecule has 2 aliphatic rings. The largest absolute Gasteiger partial charge is 0.330 e. The number of hydrogen-bond acceptors (Lipinski definition) is 5. The first-order valence-corrected chi connectivity index (χ1v) is 7.05. The average Bonchev–Trinajstić information content (AvgIpc) is 3.07. The van der Waals surface area contributed by atoms with Gasteiger partial charge in [0, 0.05) is 20.0 Å². The Balaban J connectivity index is 1.77. The predicted octanol–water partition coefficient (Wildman–Crippen LogP) is -0.00360. The lowest BCUT2D eigenvalue weighted by molar-refractivity contribution is -0.151. The second kappa shape index (κ2) is 4.94. The molecule has 0 atom stereocenters. The third-order valence-corrected chi connectivity index (χ3v) is 4.38. The van der Waals surface area contributed by atoms with E-state index in [9.17, 15) is 14.4 Å². The van der Waals surface area contributed by atoms with Gasteiger partial charge in [-0.25, -0.2) is 4.79 Å². The van der Waals surface area contributed by atoms with Crippen molar-refractivity contribution in [3.05, 3.63) is 12.2 Å². The lowest BCUT2D eigenvalue weighted by atomic mass is 9.82. The highest BCUT2D eigenvalue weighted by molar-refractivity contribution is 6.19. The van der Waals surface area contributed by atoms with Crippen molar-refractivity contribution in [2.24, 2.45) is 12.5 Å². The standard InChI is InChI=1S/C13H17N5O3/c1-17-8-14-16-9(17)4-7-18-11(20)13(5-2-3-6-13)10(19)15-12(18)21/h8H,2-7H2,1H3,(H,15,19,21). The fourth-order valence-electron chi connectivity index (χ4n) is 3.10. The lowest BCUT2D eigenvalue weighted by Gasteiger charge is -2.36. The zero-order valence-corrected chi connectivity index (χ0v) is 11.8. The summed E-state index contributed by atoms with van der Waals surface area (Å²) < 4.78 is 1.74. The van der Waals surface area contributed by atoms with Gasteiger partial charge < -0.3 is 4.57 Å². The minimum Gasteiger partial charge on any atom is -0.321 e. The Morgan fingerprint density at radius 3 is 2.62 bits per heavy atom. The van der Waals surface area contributed by atoms with E-state index < -0.39 is 17.4 Å². The molecule has 0 radical (unpaired) electrons. The molecule has 2 fully saturated rings. The number of rotatable bonds is 3. The molecule has 0 unspecified atom stereocenters. The van der Waals surface area contributed by atoms with Crippen LogP contribution in [0.15, 0.2) is 6.33 Å². The molecule has 1 aromatic heterocycles. The van der Waals surface area contributed by atoms with Gasteiger partial charge in [-0.2, -0.15) is 0 Å². The quantitative estimate of drug-likeness (QED) is 0.790. The molecule has 1 aromatic rings. The van der Waals surface area contributed by atoms with Crippen LogP contribution in [0, 0.1) is 5.41 Å². The summed E-state index contributed by atoms with van der Waals surface area (Å²) in [6.45, 7) is 0.201. The molecule has 112 valence electrons. The summed E-state index contributed by atoms with van der Waals surface area (Å²) >= 11 is 0. The first kappa shape index (κ1) is 13.7. The van der Waals surface area contributed by atoms with E-state index in [1.54, 1.807) is 17.9 Å². The molecular weight excluding hydrogens is 274 g/mol. The van der Waals surface area contributed by atoms with Crippen LogP contribution in [0.5, 0.6) is 0 Å². The number of amides is 4. The first-order chi connectivity index (χ1) is 10.0. The number of carbonyl (C=O) groups excluding carboxylic acids is 3. The number of hydrogen-bond donors (Lipinski definition) is 1. The van der Waals surface area contributed by atoms with Gasteiger partial charge in [0.2, 0.25) is 11.8 Å². The van der Waals surface area contributed by atoms with Gasteiger partial charge >= 0.3 is 6.03 Å². The van der Waals surface area contributed by atoms with Crippen LogP contribution in [0.1, 0.15) is 31.5 Å². The molecule has 1 aliphatic heterocycles. The second-order valence-corrected chi connectivity index (χ2v) is 5.61. The van der Waals surface area contributed by atoms with Gasteiger partial charge in [-0.3, -0.25) is 19.8 Å². The van der Waals surface area contributed by atoms with Crippen LogP contribution in [0.3, 0.4) is 0 Å². The summed E-state index contributed by atoms with van der Waals surface area (Å²) in [7, 11) is 1.80. The Kier molecular flexibility index (Phi) is 3.23. The Hall–Kier alpha value is -2.25. The van der Waals surface area contributed by atoms with E-state index in [4.69, 9.17) is 0 Å². The van der Waals surface area contributed by atoms with E-state index in [0.717, 1.165) is 17.7 Å². The van der Waals surface area contributed by atoms with Crippen molar-refractivity contribution in [3.8, 4) is 0 Å². The summed E-state index contributed by atoms with van der Waals surface area (Å²) in [4.78, 5) is 37.8. The molecule has 1 N–H and O–H groups in total. The maximum atomic E-state index is 12.6. The molecule has 1 spiro atoms. The molecule has 3 rings (SSSR count). The van der Waals surface area contributed by atoms with Crippen LogP contribution >= 0.6 is 0 Å². The summed E-state index contributed by atoms with van der Waals surface area (Å²) in [6.07, 6.45) is 4.70. The first-order valence-electron chi connectivity index (χ1n) is 7.05. The Bertz CT molecular complexity index is 603. The van der Waals surface area contributed by atoms with Crippen LogP contribution in [0.4, 0.5) is 4.79 Å². The lowest BCUT2D eigenvalue weighted by Crippen LogP contribution is -2.63. The minimum absolute atomic E-state index is 0.201. The Morgan fingerprint density at radius 2 is 2.00 bits per heavy atom. The van der Waals surface area contributed by atoms with E-state index >= 15 is 0 Å². The number of barbiturate groups is 1. The normalized spacial score (nSPS) is 21.2. The fourth-order valence-corrected chi connectivity index (χ4v) is 3.10. The highest BCUT2D eigenvalue weighted by Gasteiger charge is 2.54. The van der Waals surface area contributed by atoms with Gasteiger partial charge in [0.15, 0.2) is 0 Å². The number of nitrogens with zero attached hydrogens (tertiary/aromatic N) is 4. The SMILES string of the molecule is Cn1cnnc1CCN1C(=O)NC(=O)C2(CCCC2)C1=O. The van der Waals surface area contributed by atoms with Crippen LogP contribution < -0.4 is 5.32 Å². The van der Waals surface area contributed by atoms with Gasteiger partial charge in [-0.1, -0.05) is 12.8 Å². The van der Waals surface area contributed by atoms with E-state index in [1.807, 2.05) is 0 Å². The fraction of sp³-hybridized carbons (Fsp3) is 0.615. The summed E-state index contributed by atoms with van der Waals surface area (Å²) in [5.41, 5.74) is -1.03. The van der Waals surface area contributed by atoms with Crippen molar-refractivity contribution in [2.75, 3.05) is 6.54 Å². The van der Waals surface area contributed by atoms with Gasteiger partial charge in [-0.15, -0.1) is 10.2 Å². The highest BCUT2D eigenvalue weighted by atomic mass is 16.2. The number of aryl methyl sites for hydroxylation is 1. The van der Waals surface area contributed by atoms with Crippen molar-refractivity contribution >= 4 is 17.8 Å². The Morgan fingerprint density at radius 1 is 1.29 bits per heavy atom. The zero-order valence-electron chi connectivity index (χ0n) is 11.8. The molecule has 0 aromatic carbocycles. The predicted molar refractivity (Wildman–Crippen MR) is 70.9 cm³/mol. The molecule has 1 saturated heterocycles. The molecular formula is C13H17N5O3. The smallest absolute Gasteiger partial charge is 0.321 e. The number of carbonyl (C=O) groups is 3. The molecule has 2 heterocycles. The van der Waals surface area contributed by atoms with Crippen LogP contribution in [0.2, 0.25) is 0 Å². The number of urea groups is 1. The number of imide groups is 2.